The van der Waals surface area contributed by atoms with Crippen LogP contribution in [0.4, 0.5) is 10.1 Å². The van der Waals surface area contributed by atoms with Crippen LogP contribution in [0.5, 0.6) is 0 Å². The molecule has 0 spiro atoms. The lowest BCUT2D eigenvalue weighted by atomic mass is 10.1. The molecule has 1 aromatic heterocycles. The predicted octanol–water partition coefficient (Wildman–Crippen LogP) is 4.81. The SMILES string of the molecule is Fc1ccccc1[C@@H]1Nc2ccccc2-c2nc3ccccc3n21. The van der Waals surface area contributed by atoms with Crippen LogP contribution in [-0.2, 0) is 0 Å². The molecule has 0 bridgehead atoms. The third kappa shape index (κ3) is 1.80. The minimum absolute atomic E-state index is 0.224. The van der Waals surface area contributed by atoms with Gasteiger partial charge in [0.25, 0.3) is 0 Å². The van der Waals surface area contributed by atoms with Gasteiger partial charge in [-0.05, 0) is 30.3 Å². The molecule has 24 heavy (non-hydrogen) atoms. The van der Waals surface area contributed by atoms with Crippen molar-refractivity contribution in [3.8, 4) is 11.4 Å². The van der Waals surface area contributed by atoms with Crippen LogP contribution in [0, 0.1) is 5.82 Å². The zero-order valence-corrected chi connectivity index (χ0v) is 12.8. The van der Waals surface area contributed by atoms with Crippen LogP contribution < -0.4 is 5.32 Å². The maximum atomic E-state index is 14.5. The summed E-state index contributed by atoms with van der Waals surface area (Å²) in [7, 11) is 0. The summed E-state index contributed by atoms with van der Waals surface area (Å²) in [6, 6.07) is 22.9. The fraction of sp³-hybridized carbons (Fsp3) is 0.0500. The molecule has 0 saturated carbocycles. The number of imidazole rings is 1. The molecule has 0 unspecified atom stereocenters. The standard InChI is InChI=1S/C20H14FN3/c21-15-9-3-1-7-13(15)19-22-16-10-4-2-8-14(16)20-23-17-11-5-6-12-18(17)24(19)20/h1-12,19,22H/t19-/m1/s1. The highest BCUT2D eigenvalue weighted by atomic mass is 19.1. The van der Waals surface area contributed by atoms with Crippen molar-refractivity contribution in [3.05, 3.63) is 84.2 Å². The summed E-state index contributed by atoms with van der Waals surface area (Å²) in [5.74, 6) is 0.636. The van der Waals surface area contributed by atoms with E-state index in [0.29, 0.717) is 5.56 Å². The topological polar surface area (TPSA) is 29.9 Å². The highest BCUT2D eigenvalue weighted by Crippen LogP contribution is 2.40. The minimum Gasteiger partial charge on any atom is -0.360 e. The fourth-order valence-electron chi connectivity index (χ4n) is 3.43. The Morgan fingerprint density at radius 1 is 0.875 bits per heavy atom. The largest absolute Gasteiger partial charge is 0.360 e. The first-order valence-electron chi connectivity index (χ1n) is 7.90. The second-order valence-corrected chi connectivity index (χ2v) is 5.91. The lowest BCUT2D eigenvalue weighted by Gasteiger charge is -2.30. The van der Waals surface area contributed by atoms with Gasteiger partial charge >= 0.3 is 0 Å². The fourth-order valence-corrected chi connectivity index (χ4v) is 3.43. The molecular formula is C20H14FN3. The van der Waals surface area contributed by atoms with Crippen molar-refractivity contribution in [2.75, 3.05) is 5.32 Å². The number of para-hydroxylation sites is 3. The predicted molar refractivity (Wildman–Crippen MR) is 93.3 cm³/mol. The minimum atomic E-state index is -0.330. The van der Waals surface area contributed by atoms with Crippen molar-refractivity contribution < 1.29 is 4.39 Å². The number of nitrogens with one attached hydrogen (secondary N) is 1. The molecule has 0 amide bonds. The van der Waals surface area contributed by atoms with Crippen LogP contribution in [0.25, 0.3) is 22.4 Å². The summed E-state index contributed by atoms with van der Waals surface area (Å²) >= 11 is 0. The van der Waals surface area contributed by atoms with Gasteiger partial charge in [0.15, 0.2) is 0 Å². The van der Waals surface area contributed by atoms with Gasteiger partial charge < -0.3 is 5.32 Å². The smallest absolute Gasteiger partial charge is 0.145 e. The third-order valence-corrected chi connectivity index (χ3v) is 4.51. The van der Waals surface area contributed by atoms with Gasteiger partial charge in [0.05, 0.1) is 11.0 Å². The zero-order valence-electron chi connectivity index (χ0n) is 12.8. The molecule has 3 nitrogen and oxygen atoms in total. The number of nitrogens with zero attached hydrogens (tertiary/aromatic N) is 2. The maximum Gasteiger partial charge on any atom is 0.145 e. The maximum absolute atomic E-state index is 14.5. The van der Waals surface area contributed by atoms with Crippen molar-refractivity contribution in [2.45, 2.75) is 6.17 Å². The summed E-state index contributed by atoms with van der Waals surface area (Å²) in [6.45, 7) is 0. The summed E-state index contributed by atoms with van der Waals surface area (Å²) < 4.78 is 16.6. The lowest BCUT2D eigenvalue weighted by Crippen LogP contribution is -2.25. The Labute approximate surface area is 138 Å². The van der Waals surface area contributed by atoms with Crippen LogP contribution in [0.2, 0.25) is 0 Å². The van der Waals surface area contributed by atoms with Gasteiger partial charge in [0.2, 0.25) is 0 Å². The number of hydrogen-bond acceptors (Lipinski definition) is 2. The number of aromatic nitrogens is 2. The van der Waals surface area contributed by atoms with E-state index in [0.717, 1.165) is 28.1 Å². The number of fused-ring (bicyclic) bond motifs is 5. The van der Waals surface area contributed by atoms with E-state index in [1.165, 1.54) is 6.07 Å². The van der Waals surface area contributed by atoms with Gasteiger partial charge in [0, 0.05) is 16.8 Å². The van der Waals surface area contributed by atoms with Crippen molar-refractivity contribution >= 4 is 16.7 Å². The van der Waals surface area contributed by atoms with Crippen LogP contribution in [-0.4, -0.2) is 9.55 Å². The molecule has 4 aromatic rings. The Kier molecular flexibility index (Phi) is 2.73. The van der Waals surface area contributed by atoms with E-state index >= 15 is 0 Å². The monoisotopic (exact) mass is 315 g/mol. The van der Waals surface area contributed by atoms with Crippen LogP contribution in [0.3, 0.4) is 0 Å². The molecule has 1 aliphatic rings. The number of halogens is 1. The van der Waals surface area contributed by atoms with Crippen LogP contribution in [0.1, 0.15) is 11.7 Å². The Morgan fingerprint density at radius 2 is 1.62 bits per heavy atom. The lowest BCUT2D eigenvalue weighted by molar-refractivity contribution is 0.569. The molecule has 2 heterocycles. The number of anilines is 1. The van der Waals surface area contributed by atoms with E-state index in [4.69, 9.17) is 4.98 Å². The molecule has 0 fully saturated rings. The van der Waals surface area contributed by atoms with E-state index < -0.39 is 0 Å². The highest BCUT2D eigenvalue weighted by molar-refractivity contribution is 5.86. The van der Waals surface area contributed by atoms with E-state index in [2.05, 4.69) is 9.88 Å². The van der Waals surface area contributed by atoms with Crippen molar-refractivity contribution in [1.29, 1.82) is 0 Å². The quantitative estimate of drug-likeness (QED) is 0.546. The summed E-state index contributed by atoms with van der Waals surface area (Å²) in [4.78, 5) is 4.80. The summed E-state index contributed by atoms with van der Waals surface area (Å²) in [5.41, 5.74) is 4.50. The van der Waals surface area contributed by atoms with Crippen molar-refractivity contribution in [3.63, 3.8) is 0 Å². The Hall–Kier alpha value is -3.14. The molecule has 4 heteroatoms. The molecular weight excluding hydrogens is 301 g/mol. The Bertz CT molecular complexity index is 1070. The van der Waals surface area contributed by atoms with Gasteiger partial charge in [-0.3, -0.25) is 4.57 Å². The molecule has 116 valence electrons. The van der Waals surface area contributed by atoms with Crippen LogP contribution >= 0.6 is 0 Å². The normalized spacial score (nSPS) is 15.6. The molecule has 5 rings (SSSR count). The highest BCUT2D eigenvalue weighted by Gasteiger charge is 2.29. The molecule has 0 saturated heterocycles. The Morgan fingerprint density at radius 3 is 2.54 bits per heavy atom. The van der Waals surface area contributed by atoms with Crippen molar-refractivity contribution in [2.24, 2.45) is 0 Å². The Balaban J connectivity index is 1.86. The molecule has 1 aliphatic heterocycles. The third-order valence-electron chi connectivity index (χ3n) is 4.51. The first-order chi connectivity index (χ1) is 11.8. The van der Waals surface area contributed by atoms with E-state index in [1.54, 1.807) is 6.07 Å². The number of rotatable bonds is 1. The summed E-state index contributed by atoms with van der Waals surface area (Å²) in [6.07, 6.45) is -0.330. The molecule has 0 radical (unpaired) electrons. The van der Waals surface area contributed by atoms with Gasteiger partial charge in [-0.1, -0.05) is 42.5 Å². The first-order valence-corrected chi connectivity index (χ1v) is 7.90. The van der Waals surface area contributed by atoms with Gasteiger partial charge in [0.1, 0.15) is 17.8 Å². The van der Waals surface area contributed by atoms with Crippen LogP contribution in [0.15, 0.2) is 72.8 Å². The van der Waals surface area contributed by atoms with Gasteiger partial charge in [-0.15, -0.1) is 0 Å². The van der Waals surface area contributed by atoms with Crippen molar-refractivity contribution in [1.82, 2.24) is 9.55 Å². The molecule has 3 aromatic carbocycles. The number of hydrogen-bond donors (Lipinski definition) is 1. The second kappa shape index (κ2) is 4.93. The second-order valence-electron chi connectivity index (χ2n) is 5.91. The van der Waals surface area contributed by atoms with E-state index in [-0.39, 0.29) is 12.0 Å². The average Bonchev–Trinajstić information content (AvgIpc) is 3.01. The summed E-state index contributed by atoms with van der Waals surface area (Å²) in [5, 5.41) is 3.47. The first kappa shape index (κ1) is 13.3. The van der Waals surface area contributed by atoms with E-state index in [1.807, 2.05) is 60.7 Å². The van der Waals surface area contributed by atoms with E-state index in [9.17, 15) is 4.39 Å². The van der Waals surface area contributed by atoms with Gasteiger partial charge in [-0.2, -0.15) is 0 Å². The zero-order chi connectivity index (χ0) is 16.1. The molecule has 1 atom stereocenters. The average molecular weight is 315 g/mol. The molecule has 0 aliphatic carbocycles. The number of benzene rings is 3. The van der Waals surface area contributed by atoms with Gasteiger partial charge in [-0.25, -0.2) is 9.37 Å². The molecule has 1 N–H and O–H groups in total.